The number of rotatable bonds is 8. The lowest BCUT2D eigenvalue weighted by Crippen LogP contribution is -2.09. The van der Waals surface area contributed by atoms with Gasteiger partial charge in [0, 0.05) is 29.5 Å². The third kappa shape index (κ3) is 3.67. The van der Waals surface area contributed by atoms with Crippen LogP contribution in [0.3, 0.4) is 0 Å². The van der Waals surface area contributed by atoms with Gasteiger partial charge in [-0.25, -0.2) is 13.4 Å². The van der Waals surface area contributed by atoms with E-state index >= 15 is 0 Å². The summed E-state index contributed by atoms with van der Waals surface area (Å²) in [7, 11) is 1.82. The van der Waals surface area contributed by atoms with E-state index in [-0.39, 0.29) is 5.75 Å². The number of pyridine rings is 1. The quantitative estimate of drug-likeness (QED) is 0.420. The first-order valence-electron chi connectivity index (χ1n) is 8.40. The SMILES string of the molecule is CCOCc1nc2c(c(C)c(C)n3nnnc23)n1CCCCS(=O)(=O)Cl. The Kier molecular flexibility index (Phi) is 5.44. The van der Waals surface area contributed by atoms with Crippen molar-refractivity contribution in [1.29, 1.82) is 0 Å². The van der Waals surface area contributed by atoms with Crippen molar-refractivity contribution in [2.24, 2.45) is 0 Å². The molecule has 0 amide bonds. The Morgan fingerprint density at radius 1 is 1.23 bits per heavy atom. The van der Waals surface area contributed by atoms with Gasteiger partial charge in [-0.1, -0.05) is 0 Å². The summed E-state index contributed by atoms with van der Waals surface area (Å²) < 4.78 is 31.6. The van der Waals surface area contributed by atoms with Gasteiger partial charge < -0.3 is 9.30 Å². The average Bonchev–Trinajstić information content (AvgIpc) is 3.18. The number of tetrazole rings is 1. The van der Waals surface area contributed by atoms with Gasteiger partial charge in [-0.05, 0) is 49.6 Å². The molecule has 0 aliphatic heterocycles. The summed E-state index contributed by atoms with van der Waals surface area (Å²) in [6.45, 7) is 7.44. The van der Waals surface area contributed by atoms with E-state index in [1.807, 2.05) is 20.8 Å². The van der Waals surface area contributed by atoms with E-state index < -0.39 is 9.05 Å². The van der Waals surface area contributed by atoms with E-state index in [9.17, 15) is 8.42 Å². The Hall–Kier alpha value is -1.78. The molecule has 0 bridgehead atoms. The van der Waals surface area contributed by atoms with Crippen molar-refractivity contribution in [1.82, 2.24) is 29.6 Å². The van der Waals surface area contributed by atoms with Crippen molar-refractivity contribution in [3.63, 3.8) is 0 Å². The predicted molar refractivity (Wildman–Crippen MR) is 97.8 cm³/mol. The fraction of sp³-hybridized carbons (Fsp3) is 0.600. The van der Waals surface area contributed by atoms with Gasteiger partial charge in [-0.3, -0.25) is 0 Å². The van der Waals surface area contributed by atoms with E-state index in [4.69, 9.17) is 20.4 Å². The highest BCUT2D eigenvalue weighted by molar-refractivity contribution is 8.13. The maximum absolute atomic E-state index is 11.1. The first-order chi connectivity index (χ1) is 12.3. The summed E-state index contributed by atoms with van der Waals surface area (Å²) in [6.07, 6.45) is 1.14. The lowest BCUT2D eigenvalue weighted by Gasteiger charge is -2.11. The third-order valence-electron chi connectivity index (χ3n) is 4.40. The number of fused-ring (bicyclic) bond motifs is 3. The van der Waals surface area contributed by atoms with Gasteiger partial charge in [0.2, 0.25) is 14.7 Å². The van der Waals surface area contributed by atoms with Crippen LogP contribution in [0.25, 0.3) is 16.7 Å². The minimum atomic E-state index is -3.48. The number of nitrogens with zero attached hydrogens (tertiary/aromatic N) is 6. The van der Waals surface area contributed by atoms with E-state index in [0.29, 0.717) is 38.2 Å². The molecule has 0 fully saturated rings. The number of halogens is 1. The zero-order valence-corrected chi connectivity index (χ0v) is 16.5. The Labute approximate surface area is 155 Å². The Bertz CT molecular complexity index is 1040. The van der Waals surface area contributed by atoms with Gasteiger partial charge in [0.25, 0.3) is 0 Å². The summed E-state index contributed by atoms with van der Waals surface area (Å²) in [4.78, 5) is 4.71. The largest absolute Gasteiger partial charge is 0.374 e. The molecule has 3 rings (SSSR count). The van der Waals surface area contributed by atoms with Crippen molar-refractivity contribution in [3.05, 3.63) is 17.1 Å². The smallest absolute Gasteiger partial charge is 0.232 e. The number of hydrogen-bond acceptors (Lipinski definition) is 7. The predicted octanol–water partition coefficient (Wildman–Crippen LogP) is 1.98. The van der Waals surface area contributed by atoms with Crippen LogP contribution in [0.15, 0.2) is 0 Å². The molecule has 0 saturated heterocycles. The molecule has 0 radical (unpaired) electrons. The second-order valence-electron chi connectivity index (χ2n) is 6.09. The molecule has 26 heavy (non-hydrogen) atoms. The van der Waals surface area contributed by atoms with Crippen LogP contribution >= 0.6 is 10.7 Å². The van der Waals surface area contributed by atoms with Crippen molar-refractivity contribution >= 4 is 36.4 Å². The topological polar surface area (TPSA) is 104 Å². The summed E-state index contributed by atoms with van der Waals surface area (Å²) in [5.41, 5.74) is 4.24. The number of aryl methyl sites for hydroxylation is 3. The van der Waals surface area contributed by atoms with E-state index in [1.165, 1.54) is 0 Å². The zero-order chi connectivity index (χ0) is 18.9. The van der Waals surface area contributed by atoms with Crippen molar-refractivity contribution in [3.8, 4) is 0 Å². The van der Waals surface area contributed by atoms with Crippen LogP contribution in [0.1, 0.15) is 36.8 Å². The van der Waals surface area contributed by atoms with E-state index in [1.54, 1.807) is 4.52 Å². The van der Waals surface area contributed by atoms with Gasteiger partial charge in [0.05, 0.1) is 11.3 Å². The minimum absolute atomic E-state index is 0.0433. The summed E-state index contributed by atoms with van der Waals surface area (Å²) in [6, 6.07) is 0. The first-order valence-corrected chi connectivity index (χ1v) is 10.9. The lowest BCUT2D eigenvalue weighted by atomic mass is 10.2. The van der Waals surface area contributed by atoms with Crippen LogP contribution in [0, 0.1) is 13.8 Å². The molecular weight excluding hydrogens is 380 g/mol. The molecule has 0 N–H and O–H groups in total. The minimum Gasteiger partial charge on any atom is -0.374 e. The number of ether oxygens (including phenoxy) is 1. The number of hydrogen-bond donors (Lipinski definition) is 0. The van der Waals surface area contributed by atoms with Gasteiger partial charge in [-0.15, -0.1) is 5.10 Å². The molecule has 11 heteroatoms. The molecule has 0 aliphatic rings. The standard InChI is InChI=1S/C15H21ClN6O3S/c1-4-25-9-12-17-13-14(21(12)7-5-6-8-26(16,23)24)10(2)11(3)22-15(13)18-19-20-22/h4-9H2,1-3H3. The second kappa shape index (κ2) is 7.45. The Morgan fingerprint density at radius 3 is 2.69 bits per heavy atom. The molecule has 142 valence electrons. The average molecular weight is 401 g/mol. The molecular formula is C15H21ClN6O3S. The lowest BCUT2D eigenvalue weighted by molar-refractivity contribution is 0.126. The van der Waals surface area contributed by atoms with E-state index in [2.05, 4.69) is 20.1 Å². The van der Waals surface area contributed by atoms with Crippen molar-refractivity contribution in [2.75, 3.05) is 12.4 Å². The molecule has 0 atom stereocenters. The van der Waals surface area contributed by atoms with Crippen LogP contribution in [-0.2, 0) is 26.9 Å². The van der Waals surface area contributed by atoms with Crippen LogP contribution in [-0.4, -0.2) is 50.4 Å². The Morgan fingerprint density at radius 2 is 2.00 bits per heavy atom. The number of unbranched alkanes of at least 4 members (excludes halogenated alkanes) is 1. The van der Waals surface area contributed by atoms with E-state index in [0.717, 1.165) is 28.1 Å². The van der Waals surface area contributed by atoms with Crippen LogP contribution in [0.4, 0.5) is 0 Å². The molecule has 0 saturated carbocycles. The third-order valence-corrected chi connectivity index (χ3v) is 5.64. The van der Waals surface area contributed by atoms with Gasteiger partial charge >= 0.3 is 0 Å². The zero-order valence-electron chi connectivity index (χ0n) is 14.9. The molecule has 0 aromatic carbocycles. The highest BCUT2D eigenvalue weighted by atomic mass is 35.7. The fourth-order valence-corrected chi connectivity index (χ4v) is 3.89. The Balaban J connectivity index is 2.04. The van der Waals surface area contributed by atoms with Gasteiger partial charge in [-0.2, -0.15) is 4.52 Å². The molecule has 3 heterocycles. The molecule has 0 spiro atoms. The van der Waals surface area contributed by atoms with Crippen molar-refractivity contribution in [2.45, 2.75) is 46.8 Å². The summed E-state index contributed by atoms with van der Waals surface area (Å²) in [5, 5.41) is 11.9. The number of aromatic nitrogens is 6. The van der Waals surface area contributed by atoms with Crippen molar-refractivity contribution < 1.29 is 13.2 Å². The normalized spacial score (nSPS) is 12.5. The molecule has 9 nitrogen and oxygen atoms in total. The highest BCUT2D eigenvalue weighted by Gasteiger charge is 2.20. The van der Waals surface area contributed by atoms with Crippen LogP contribution in [0.2, 0.25) is 0 Å². The first kappa shape index (κ1) is 19.0. The second-order valence-corrected chi connectivity index (χ2v) is 8.99. The summed E-state index contributed by atoms with van der Waals surface area (Å²) in [5.74, 6) is 0.729. The van der Waals surface area contributed by atoms with Crippen LogP contribution in [0.5, 0.6) is 0 Å². The summed E-state index contributed by atoms with van der Waals surface area (Å²) >= 11 is 0. The van der Waals surface area contributed by atoms with Gasteiger partial charge in [0.15, 0.2) is 0 Å². The fourth-order valence-electron chi connectivity index (χ4n) is 3.01. The van der Waals surface area contributed by atoms with Gasteiger partial charge in [0.1, 0.15) is 17.9 Å². The van der Waals surface area contributed by atoms with Crippen LogP contribution < -0.4 is 0 Å². The molecule has 3 aromatic rings. The monoisotopic (exact) mass is 400 g/mol. The number of imidazole rings is 1. The maximum atomic E-state index is 11.1. The molecule has 3 aromatic heterocycles. The maximum Gasteiger partial charge on any atom is 0.232 e. The molecule has 0 aliphatic carbocycles. The highest BCUT2D eigenvalue weighted by Crippen LogP contribution is 2.26. The molecule has 0 unspecified atom stereocenters.